The highest BCUT2D eigenvalue weighted by Crippen LogP contribution is 2.41. The molecule has 0 radical (unpaired) electrons. The summed E-state index contributed by atoms with van der Waals surface area (Å²) in [7, 11) is -2.88. The van der Waals surface area contributed by atoms with Gasteiger partial charge in [-0.3, -0.25) is 0 Å². The van der Waals surface area contributed by atoms with Gasteiger partial charge in [0.15, 0.2) is 0 Å². The Bertz CT molecular complexity index is 892. The van der Waals surface area contributed by atoms with Crippen LogP contribution < -0.4 is 10.4 Å². The minimum Gasteiger partial charge on any atom is -0.478 e. The molecule has 0 heterocycles. The lowest BCUT2D eigenvalue weighted by molar-refractivity contribution is -0.131. The molecule has 0 amide bonds. The van der Waals surface area contributed by atoms with Crippen molar-refractivity contribution in [2.45, 2.75) is 50.9 Å². The number of carboxylic acid groups (broad SMARTS) is 1. The van der Waals surface area contributed by atoms with Gasteiger partial charge in [0, 0.05) is 12.5 Å². The number of hydrogen-bond donors (Lipinski definition) is 1. The SMILES string of the molecule is C=C1[C@@H](F)C/C(=C/C(=O)O)C[C@H]1O[Si](c1ccccc1)(c1ccccc1)C(C)(C)C. The van der Waals surface area contributed by atoms with Crippen LogP contribution in [-0.4, -0.2) is 31.7 Å². The van der Waals surface area contributed by atoms with Gasteiger partial charge in [-0.25, -0.2) is 9.18 Å². The number of carboxylic acids is 1. The van der Waals surface area contributed by atoms with Crippen LogP contribution in [0.15, 0.2) is 84.5 Å². The molecule has 0 bridgehead atoms. The Hall–Kier alpha value is -2.50. The molecule has 1 aliphatic carbocycles. The van der Waals surface area contributed by atoms with Crippen LogP contribution in [-0.2, 0) is 9.22 Å². The van der Waals surface area contributed by atoms with Gasteiger partial charge >= 0.3 is 5.97 Å². The van der Waals surface area contributed by atoms with E-state index in [4.69, 9.17) is 9.53 Å². The molecule has 1 aliphatic rings. The molecule has 3 nitrogen and oxygen atoms in total. The van der Waals surface area contributed by atoms with Crippen molar-refractivity contribution in [1.82, 2.24) is 0 Å². The van der Waals surface area contributed by atoms with Crippen LogP contribution in [0, 0.1) is 0 Å². The van der Waals surface area contributed by atoms with Gasteiger partial charge in [-0.15, -0.1) is 0 Å². The summed E-state index contributed by atoms with van der Waals surface area (Å²) in [5, 5.41) is 11.1. The maximum absolute atomic E-state index is 14.8. The Kier molecular flexibility index (Phi) is 6.43. The highest BCUT2D eigenvalue weighted by atomic mass is 28.4. The third kappa shape index (κ3) is 4.32. The predicted molar refractivity (Wildman–Crippen MR) is 121 cm³/mol. The minimum atomic E-state index is -2.88. The largest absolute Gasteiger partial charge is 0.478 e. The molecular weight excluding hydrogens is 395 g/mol. The van der Waals surface area contributed by atoms with Crippen LogP contribution in [0.3, 0.4) is 0 Å². The molecule has 30 heavy (non-hydrogen) atoms. The molecule has 0 aromatic heterocycles. The third-order valence-electron chi connectivity index (χ3n) is 5.77. The van der Waals surface area contributed by atoms with Crippen LogP contribution in [0.5, 0.6) is 0 Å². The predicted octanol–water partition coefficient (Wildman–Crippen LogP) is 4.63. The number of hydrogen-bond acceptors (Lipinski definition) is 2. The van der Waals surface area contributed by atoms with E-state index in [9.17, 15) is 9.18 Å². The summed E-state index contributed by atoms with van der Waals surface area (Å²) in [5.41, 5.74) is 0.941. The molecule has 5 heteroatoms. The second kappa shape index (κ2) is 8.70. The van der Waals surface area contributed by atoms with E-state index in [2.05, 4.69) is 51.6 Å². The van der Waals surface area contributed by atoms with Crippen molar-refractivity contribution >= 4 is 24.7 Å². The summed E-state index contributed by atoms with van der Waals surface area (Å²) in [6.07, 6.45) is -0.374. The monoisotopic (exact) mass is 424 g/mol. The highest BCUT2D eigenvalue weighted by Gasteiger charge is 2.52. The Morgan fingerprint density at radius 1 is 1.07 bits per heavy atom. The Labute approximate surface area is 179 Å². The average Bonchev–Trinajstić information content (AvgIpc) is 2.69. The van der Waals surface area contributed by atoms with Crippen LogP contribution in [0.4, 0.5) is 4.39 Å². The van der Waals surface area contributed by atoms with E-state index in [-0.39, 0.29) is 11.5 Å². The first-order chi connectivity index (χ1) is 14.1. The molecule has 2 aromatic carbocycles. The lowest BCUT2D eigenvalue weighted by atomic mass is 9.87. The van der Waals surface area contributed by atoms with E-state index in [0.717, 1.165) is 16.4 Å². The third-order valence-corrected chi connectivity index (χ3v) is 10.8. The maximum Gasteiger partial charge on any atom is 0.328 e. The first-order valence-electron chi connectivity index (χ1n) is 10.2. The number of benzene rings is 2. The van der Waals surface area contributed by atoms with E-state index < -0.39 is 26.6 Å². The number of rotatable bonds is 5. The molecule has 1 saturated carbocycles. The first kappa shape index (κ1) is 22.2. The zero-order valence-electron chi connectivity index (χ0n) is 17.8. The standard InChI is InChI=1S/C25H29FO3Si/c1-18-22(26)15-19(17-24(27)28)16-23(18)29-30(25(2,3)4,20-11-7-5-8-12-20)21-13-9-6-10-14-21/h5-14,17,22-23H,1,15-16H2,2-4H3,(H,27,28)/b19-17-/t22-,23+/m0/s1. The van der Waals surface area contributed by atoms with Gasteiger partial charge in [0.05, 0.1) is 6.10 Å². The van der Waals surface area contributed by atoms with Crippen LogP contribution in [0.2, 0.25) is 5.04 Å². The van der Waals surface area contributed by atoms with Gasteiger partial charge in [0.2, 0.25) is 0 Å². The van der Waals surface area contributed by atoms with Crippen molar-refractivity contribution in [3.05, 3.63) is 84.5 Å². The summed E-state index contributed by atoms with van der Waals surface area (Å²) in [5.74, 6) is -1.06. The van der Waals surface area contributed by atoms with Gasteiger partial charge in [-0.2, -0.15) is 0 Å². The fourth-order valence-corrected chi connectivity index (χ4v) is 9.01. The second-order valence-corrected chi connectivity index (χ2v) is 13.1. The fourth-order valence-electron chi connectivity index (χ4n) is 4.33. The Morgan fingerprint density at radius 2 is 1.57 bits per heavy atom. The first-order valence-corrected chi connectivity index (χ1v) is 12.1. The minimum absolute atomic E-state index is 0.0613. The van der Waals surface area contributed by atoms with E-state index in [0.29, 0.717) is 17.6 Å². The Morgan fingerprint density at radius 3 is 2.00 bits per heavy atom. The number of aliphatic carboxylic acids is 1. The maximum atomic E-state index is 14.8. The fraction of sp³-hybridized carbons (Fsp3) is 0.320. The van der Waals surface area contributed by atoms with Crippen molar-refractivity contribution in [1.29, 1.82) is 0 Å². The quantitative estimate of drug-likeness (QED) is 0.432. The van der Waals surface area contributed by atoms with Crippen LogP contribution in [0.25, 0.3) is 0 Å². The molecule has 3 rings (SSSR count). The van der Waals surface area contributed by atoms with Crippen molar-refractivity contribution in [2.24, 2.45) is 0 Å². The smallest absolute Gasteiger partial charge is 0.328 e. The summed E-state index contributed by atoms with van der Waals surface area (Å²) in [6, 6.07) is 20.3. The summed E-state index contributed by atoms with van der Waals surface area (Å²) >= 11 is 0. The van der Waals surface area contributed by atoms with Crippen LogP contribution >= 0.6 is 0 Å². The van der Waals surface area contributed by atoms with E-state index in [1.54, 1.807) is 0 Å². The van der Waals surface area contributed by atoms with Crippen molar-refractivity contribution in [2.75, 3.05) is 0 Å². The number of carbonyl (C=O) groups is 1. The normalized spacial score (nSPS) is 21.6. The lowest BCUT2D eigenvalue weighted by Gasteiger charge is -2.46. The number of halogens is 1. The van der Waals surface area contributed by atoms with Crippen molar-refractivity contribution < 1.29 is 18.7 Å². The van der Waals surface area contributed by atoms with E-state index in [1.807, 2.05) is 36.4 Å². The van der Waals surface area contributed by atoms with Crippen molar-refractivity contribution in [3.63, 3.8) is 0 Å². The lowest BCUT2D eigenvalue weighted by Crippen LogP contribution is -2.68. The Balaban J connectivity index is 2.16. The van der Waals surface area contributed by atoms with E-state index in [1.165, 1.54) is 0 Å². The molecule has 2 atom stereocenters. The molecule has 0 aliphatic heterocycles. The van der Waals surface area contributed by atoms with Gasteiger partial charge in [0.1, 0.15) is 6.17 Å². The molecule has 1 fully saturated rings. The molecule has 1 N–H and O–H groups in total. The molecule has 0 saturated heterocycles. The summed E-state index contributed by atoms with van der Waals surface area (Å²) < 4.78 is 21.8. The summed E-state index contributed by atoms with van der Waals surface area (Å²) in [6.45, 7) is 10.5. The average molecular weight is 425 g/mol. The molecule has 0 spiro atoms. The van der Waals surface area contributed by atoms with Gasteiger partial charge in [0.25, 0.3) is 8.32 Å². The highest BCUT2D eigenvalue weighted by molar-refractivity contribution is 6.99. The van der Waals surface area contributed by atoms with Crippen molar-refractivity contribution in [3.8, 4) is 0 Å². The van der Waals surface area contributed by atoms with E-state index >= 15 is 0 Å². The molecule has 158 valence electrons. The molecule has 2 aromatic rings. The number of alkyl halides is 1. The van der Waals surface area contributed by atoms with Gasteiger partial charge in [-0.1, -0.05) is 93.6 Å². The molecule has 0 unspecified atom stereocenters. The van der Waals surface area contributed by atoms with Crippen LogP contribution in [0.1, 0.15) is 33.6 Å². The topological polar surface area (TPSA) is 46.5 Å². The van der Waals surface area contributed by atoms with Gasteiger partial charge in [-0.05, 0) is 27.4 Å². The molecular formula is C25H29FO3Si. The zero-order valence-corrected chi connectivity index (χ0v) is 18.8. The summed E-state index contributed by atoms with van der Waals surface area (Å²) in [4.78, 5) is 11.2. The second-order valence-electron chi connectivity index (χ2n) is 8.86. The van der Waals surface area contributed by atoms with Gasteiger partial charge < -0.3 is 9.53 Å². The zero-order chi connectivity index (χ0) is 21.9.